The summed E-state index contributed by atoms with van der Waals surface area (Å²) in [5.74, 6) is -0.354. The molecule has 2 amide bonds. The third-order valence-electron chi connectivity index (χ3n) is 5.44. The van der Waals surface area contributed by atoms with Crippen LogP contribution >= 0.6 is 0 Å². The SMILES string of the molecule is O=C(CCc1nc(-c2cccnc2)no1)Nc1ccc(F)c(NC(=O)C2CCCCC2)c1. The molecule has 1 aliphatic carbocycles. The molecule has 0 unspecified atom stereocenters. The zero-order valence-corrected chi connectivity index (χ0v) is 17.5. The predicted molar refractivity (Wildman–Crippen MR) is 116 cm³/mol. The maximum absolute atomic E-state index is 14.2. The molecule has 0 aliphatic heterocycles. The van der Waals surface area contributed by atoms with E-state index in [1.165, 1.54) is 18.2 Å². The molecular formula is C23H24FN5O3. The molecule has 0 radical (unpaired) electrons. The summed E-state index contributed by atoms with van der Waals surface area (Å²) in [6.07, 6.45) is 8.44. The van der Waals surface area contributed by atoms with Crippen molar-refractivity contribution < 1.29 is 18.5 Å². The predicted octanol–water partition coefficient (Wildman–Crippen LogP) is 4.36. The number of nitrogens with one attached hydrogen (secondary N) is 2. The number of pyridine rings is 1. The molecule has 2 N–H and O–H groups in total. The van der Waals surface area contributed by atoms with E-state index in [0.717, 1.165) is 37.7 Å². The van der Waals surface area contributed by atoms with Crippen LogP contribution in [0.1, 0.15) is 44.4 Å². The minimum absolute atomic E-state index is 0.0661. The highest BCUT2D eigenvalue weighted by Gasteiger charge is 2.22. The first-order valence-electron chi connectivity index (χ1n) is 10.7. The largest absolute Gasteiger partial charge is 0.339 e. The van der Waals surface area contributed by atoms with E-state index in [9.17, 15) is 14.0 Å². The Balaban J connectivity index is 1.32. The number of benzene rings is 1. The lowest BCUT2D eigenvalue weighted by atomic mass is 9.88. The van der Waals surface area contributed by atoms with Gasteiger partial charge in [-0.25, -0.2) is 4.39 Å². The number of halogens is 1. The van der Waals surface area contributed by atoms with Crippen LogP contribution in [0.2, 0.25) is 0 Å². The Labute approximate surface area is 184 Å². The highest BCUT2D eigenvalue weighted by molar-refractivity contribution is 5.95. The van der Waals surface area contributed by atoms with Crippen molar-refractivity contribution in [2.45, 2.75) is 44.9 Å². The summed E-state index contributed by atoms with van der Waals surface area (Å²) in [4.78, 5) is 33.0. The number of hydrogen-bond donors (Lipinski definition) is 2. The maximum atomic E-state index is 14.2. The average Bonchev–Trinajstić information content (AvgIpc) is 3.30. The standard InChI is InChI=1S/C23H24FN5O3/c24-18-9-8-17(13-19(18)27-23(31)15-5-2-1-3-6-15)26-20(30)10-11-21-28-22(29-32-21)16-7-4-12-25-14-16/h4,7-9,12-15H,1-3,5-6,10-11H2,(H,26,30)(H,27,31). The number of amides is 2. The molecule has 1 saturated carbocycles. The fourth-order valence-electron chi connectivity index (χ4n) is 3.71. The quantitative estimate of drug-likeness (QED) is 0.568. The van der Waals surface area contributed by atoms with Crippen LogP contribution in [-0.4, -0.2) is 26.9 Å². The van der Waals surface area contributed by atoms with Crippen molar-refractivity contribution in [2.24, 2.45) is 5.92 Å². The average molecular weight is 437 g/mol. The monoisotopic (exact) mass is 437 g/mol. The van der Waals surface area contributed by atoms with Crippen molar-refractivity contribution in [3.63, 3.8) is 0 Å². The van der Waals surface area contributed by atoms with E-state index in [0.29, 0.717) is 17.4 Å². The summed E-state index contributed by atoms with van der Waals surface area (Å²) in [6.45, 7) is 0. The number of carbonyl (C=O) groups excluding carboxylic acids is 2. The number of hydrogen-bond acceptors (Lipinski definition) is 6. The van der Waals surface area contributed by atoms with Gasteiger partial charge in [-0.15, -0.1) is 0 Å². The van der Waals surface area contributed by atoms with Gasteiger partial charge in [-0.1, -0.05) is 24.4 Å². The van der Waals surface area contributed by atoms with E-state index < -0.39 is 5.82 Å². The van der Waals surface area contributed by atoms with Gasteiger partial charge in [-0.3, -0.25) is 14.6 Å². The van der Waals surface area contributed by atoms with Crippen LogP contribution in [0.5, 0.6) is 0 Å². The molecule has 2 aromatic heterocycles. The van der Waals surface area contributed by atoms with Crippen molar-refractivity contribution in [2.75, 3.05) is 10.6 Å². The van der Waals surface area contributed by atoms with Crippen molar-refractivity contribution in [3.05, 3.63) is 54.4 Å². The van der Waals surface area contributed by atoms with Gasteiger partial charge in [0.05, 0.1) is 5.69 Å². The number of anilines is 2. The molecule has 0 atom stereocenters. The summed E-state index contributed by atoms with van der Waals surface area (Å²) in [6, 6.07) is 7.70. The van der Waals surface area contributed by atoms with Crippen LogP contribution in [0.3, 0.4) is 0 Å². The first-order valence-corrected chi connectivity index (χ1v) is 10.7. The van der Waals surface area contributed by atoms with Gasteiger partial charge in [0.25, 0.3) is 0 Å². The number of carbonyl (C=O) groups is 2. The van der Waals surface area contributed by atoms with E-state index in [1.807, 2.05) is 6.07 Å². The van der Waals surface area contributed by atoms with Crippen molar-refractivity contribution in [1.82, 2.24) is 15.1 Å². The molecule has 0 saturated heterocycles. The Morgan fingerprint density at radius 3 is 2.75 bits per heavy atom. The fraction of sp³-hybridized carbons (Fsp3) is 0.348. The summed E-state index contributed by atoms with van der Waals surface area (Å²) < 4.78 is 19.4. The highest BCUT2D eigenvalue weighted by atomic mass is 19.1. The van der Waals surface area contributed by atoms with Crippen LogP contribution < -0.4 is 10.6 Å². The lowest BCUT2D eigenvalue weighted by Gasteiger charge is -2.21. The van der Waals surface area contributed by atoms with Crippen LogP contribution in [0.4, 0.5) is 15.8 Å². The molecule has 4 rings (SSSR count). The minimum Gasteiger partial charge on any atom is -0.339 e. The number of aromatic nitrogens is 3. The Morgan fingerprint density at radius 1 is 1.12 bits per heavy atom. The lowest BCUT2D eigenvalue weighted by Crippen LogP contribution is -2.25. The fourth-order valence-corrected chi connectivity index (χ4v) is 3.71. The molecule has 32 heavy (non-hydrogen) atoms. The van der Waals surface area contributed by atoms with E-state index in [-0.39, 0.29) is 36.3 Å². The second-order valence-corrected chi connectivity index (χ2v) is 7.82. The molecule has 2 heterocycles. The molecule has 3 aromatic rings. The Kier molecular flexibility index (Phi) is 6.84. The first-order chi connectivity index (χ1) is 15.6. The molecule has 0 bridgehead atoms. The van der Waals surface area contributed by atoms with Gasteiger partial charge in [0.2, 0.25) is 23.5 Å². The first kappa shape index (κ1) is 21.6. The smallest absolute Gasteiger partial charge is 0.227 e. The number of aryl methyl sites for hydroxylation is 1. The molecule has 0 spiro atoms. The van der Waals surface area contributed by atoms with Gasteiger partial charge >= 0.3 is 0 Å². The van der Waals surface area contributed by atoms with Crippen LogP contribution in [-0.2, 0) is 16.0 Å². The highest BCUT2D eigenvalue weighted by Crippen LogP contribution is 2.26. The van der Waals surface area contributed by atoms with Gasteiger partial charge in [0.1, 0.15) is 5.82 Å². The van der Waals surface area contributed by atoms with Gasteiger partial charge < -0.3 is 15.2 Å². The van der Waals surface area contributed by atoms with Gasteiger partial charge in [0.15, 0.2) is 0 Å². The third kappa shape index (κ3) is 5.54. The van der Waals surface area contributed by atoms with Crippen LogP contribution in [0, 0.1) is 11.7 Å². The van der Waals surface area contributed by atoms with E-state index in [4.69, 9.17) is 4.52 Å². The van der Waals surface area contributed by atoms with Gasteiger partial charge in [-0.2, -0.15) is 4.98 Å². The van der Waals surface area contributed by atoms with E-state index in [2.05, 4.69) is 25.8 Å². The second kappa shape index (κ2) is 10.1. The van der Waals surface area contributed by atoms with Crippen molar-refractivity contribution >= 4 is 23.2 Å². The Hall–Kier alpha value is -3.62. The maximum Gasteiger partial charge on any atom is 0.227 e. The molecule has 1 aromatic carbocycles. The summed E-state index contributed by atoms with van der Waals surface area (Å²) in [5.41, 5.74) is 1.19. The van der Waals surface area contributed by atoms with Gasteiger partial charge in [-0.05, 0) is 43.2 Å². The van der Waals surface area contributed by atoms with E-state index >= 15 is 0 Å². The van der Waals surface area contributed by atoms with Gasteiger partial charge in [0, 0.05) is 42.4 Å². The topological polar surface area (TPSA) is 110 Å². The third-order valence-corrected chi connectivity index (χ3v) is 5.44. The second-order valence-electron chi connectivity index (χ2n) is 7.82. The van der Waals surface area contributed by atoms with E-state index in [1.54, 1.807) is 18.5 Å². The molecule has 8 nitrogen and oxygen atoms in total. The molecule has 1 aliphatic rings. The number of nitrogens with zero attached hydrogens (tertiary/aromatic N) is 3. The zero-order chi connectivity index (χ0) is 22.3. The molecule has 1 fully saturated rings. The lowest BCUT2D eigenvalue weighted by molar-refractivity contribution is -0.120. The van der Waals surface area contributed by atoms with Crippen LogP contribution in [0.15, 0.2) is 47.2 Å². The summed E-state index contributed by atoms with van der Waals surface area (Å²) >= 11 is 0. The Bertz CT molecular complexity index is 1080. The number of rotatable bonds is 7. The Morgan fingerprint density at radius 2 is 1.97 bits per heavy atom. The minimum atomic E-state index is -0.541. The molecule has 166 valence electrons. The normalized spacial score (nSPS) is 14.2. The van der Waals surface area contributed by atoms with Crippen molar-refractivity contribution in [3.8, 4) is 11.4 Å². The summed E-state index contributed by atoms with van der Waals surface area (Å²) in [5, 5.41) is 9.28. The van der Waals surface area contributed by atoms with Crippen LogP contribution in [0.25, 0.3) is 11.4 Å². The molecule has 9 heteroatoms. The molecular weight excluding hydrogens is 413 g/mol. The van der Waals surface area contributed by atoms with Crippen molar-refractivity contribution in [1.29, 1.82) is 0 Å². The zero-order valence-electron chi connectivity index (χ0n) is 17.5. The summed E-state index contributed by atoms with van der Waals surface area (Å²) in [7, 11) is 0.